The van der Waals surface area contributed by atoms with Crippen molar-refractivity contribution in [3.8, 4) is 0 Å². The number of rotatable bonds is 3. The maximum Gasteiger partial charge on any atom is 0.239 e. The average Bonchev–Trinajstić information content (AvgIpc) is 2.51. The fourth-order valence-electron chi connectivity index (χ4n) is 0.910. The topological polar surface area (TPSA) is 57.8 Å². The summed E-state index contributed by atoms with van der Waals surface area (Å²) in [6.07, 6.45) is 2.57. The van der Waals surface area contributed by atoms with Crippen LogP contribution in [0.2, 0.25) is 0 Å². The van der Waals surface area contributed by atoms with Gasteiger partial charge in [0.2, 0.25) is 5.91 Å². The van der Waals surface area contributed by atoms with E-state index in [4.69, 9.17) is 0 Å². The SMILES string of the molecule is CCc1cn[nH]c1NC(=O)C(C)Br. The van der Waals surface area contributed by atoms with Gasteiger partial charge in [-0.1, -0.05) is 22.9 Å². The van der Waals surface area contributed by atoms with Crippen molar-refractivity contribution in [1.29, 1.82) is 0 Å². The number of nitrogens with one attached hydrogen (secondary N) is 2. The van der Waals surface area contributed by atoms with Crippen LogP contribution in [-0.2, 0) is 11.2 Å². The van der Waals surface area contributed by atoms with Crippen molar-refractivity contribution in [3.63, 3.8) is 0 Å². The molecule has 1 rings (SSSR count). The monoisotopic (exact) mass is 245 g/mol. The van der Waals surface area contributed by atoms with Crippen molar-refractivity contribution in [1.82, 2.24) is 10.2 Å². The summed E-state index contributed by atoms with van der Waals surface area (Å²) < 4.78 is 0. The smallest absolute Gasteiger partial charge is 0.239 e. The number of alkyl halides is 1. The number of aromatic nitrogens is 2. The van der Waals surface area contributed by atoms with Crippen LogP contribution >= 0.6 is 15.9 Å². The summed E-state index contributed by atoms with van der Waals surface area (Å²) in [5.74, 6) is 0.623. The molecule has 1 amide bonds. The Bertz CT molecular complexity index is 295. The summed E-state index contributed by atoms with van der Waals surface area (Å²) in [4.78, 5) is 11.1. The van der Waals surface area contributed by atoms with Crippen LogP contribution < -0.4 is 5.32 Å². The molecule has 1 unspecified atom stereocenters. The van der Waals surface area contributed by atoms with Gasteiger partial charge in [0.1, 0.15) is 5.82 Å². The molecule has 0 aliphatic carbocycles. The first-order valence-electron chi connectivity index (χ1n) is 4.12. The summed E-state index contributed by atoms with van der Waals surface area (Å²) in [7, 11) is 0. The zero-order valence-corrected chi connectivity index (χ0v) is 9.18. The maximum absolute atomic E-state index is 11.3. The minimum absolute atomic E-state index is 0.0704. The lowest BCUT2D eigenvalue weighted by Gasteiger charge is -2.05. The van der Waals surface area contributed by atoms with E-state index in [1.165, 1.54) is 0 Å². The number of hydrogen-bond acceptors (Lipinski definition) is 2. The Hall–Kier alpha value is -0.840. The van der Waals surface area contributed by atoms with Gasteiger partial charge in [-0.15, -0.1) is 0 Å². The first-order valence-corrected chi connectivity index (χ1v) is 5.04. The second-order valence-electron chi connectivity index (χ2n) is 2.73. The molecular formula is C8H12BrN3O. The lowest BCUT2D eigenvalue weighted by atomic mass is 10.2. The number of nitrogens with zero attached hydrogens (tertiary/aromatic N) is 1. The van der Waals surface area contributed by atoms with Gasteiger partial charge in [0.05, 0.1) is 11.0 Å². The molecule has 1 atom stereocenters. The van der Waals surface area contributed by atoms with Crippen molar-refractivity contribution >= 4 is 27.7 Å². The third-order valence-corrected chi connectivity index (χ3v) is 2.12. The van der Waals surface area contributed by atoms with E-state index >= 15 is 0 Å². The second kappa shape index (κ2) is 4.41. The summed E-state index contributed by atoms with van der Waals surface area (Å²) in [5.41, 5.74) is 1.02. The van der Waals surface area contributed by atoms with Crippen LogP contribution in [0.4, 0.5) is 5.82 Å². The highest BCUT2D eigenvalue weighted by Crippen LogP contribution is 2.12. The third kappa shape index (κ3) is 2.55. The third-order valence-electron chi connectivity index (χ3n) is 1.71. The Morgan fingerprint density at radius 1 is 1.85 bits per heavy atom. The van der Waals surface area contributed by atoms with Gasteiger partial charge in [-0.25, -0.2) is 0 Å². The number of aromatic amines is 1. The van der Waals surface area contributed by atoms with Crippen molar-refractivity contribution in [3.05, 3.63) is 11.8 Å². The van der Waals surface area contributed by atoms with Crippen LogP contribution in [0.25, 0.3) is 0 Å². The molecule has 0 saturated heterocycles. The largest absolute Gasteiger partial charge is 0.310 e. The van der Waals surface area contributed by atoms with Crippen molar-refractivity contribution in [2.45, 2.75) is 25.1 Å². The fourth-order valence-corrected chi connectivity index (χ4v) is 1.02. The molecule has 0 bridgehead atoms. The van der Waals surface area contributed by atoms with Crippen molar-refractivity contribution in [2.75, 3.05) is 5.32 Å². The van der Waals surface area contributed by atoms with E-state index in [2.05, 4.69) is 31.4 Å². The molecule has 0 spiro atoms. The molecule has 0 aliphatic rings. The number of hydrogen-bond donors (Lipinski definition) is 2. The summed E-state index contributed by atoms with van der Waals surface area (Å²) in [6, 6.07) is 0. The van der Waals surface area contributed by atoms with Gasteiger partial charge < -0.3 is 5.32 Å². The Balaban J connectivity index is 2.68. The highest BCUT2D eigenvalue weighted by Gasteiger charge is 2.11. The number of carbonyl (C=O) groups excluding carboxylic acids is 1. The average molecular weight is 246 g/mol. The minimum Gasteiger partial charge on any atom is -0.310 e. The first-order chi connectivity index (χ1) is 6.15. The van der Waals surface area contributed by atoms with Crippen LogP contribution in [0.5, 0.6) is 0 Å². The van der Waals surface area contributed by atoms with E-state index in [0.717, 1.165) is 12.0 Å². The van der Waals surface area contributed by atoms with Crippen LogP contribution in [0, 0.1) is 0 Å². The molecular weight excluding hydrogens is 234 g/mol. The predicted octanol–water partition coefficient (Wildman–Crippen LogP) is 1.69. The molecule has 1 aromatic heterocycles. The normalized spacial score (nSPS) is 12.5. The first kappa shape index (κ1) is 10.2. The molecule has 0 fully saturated rings. The molecule has 4 nitrogen and oxygen atoms in total. The lowest BCUT2D eigenvalue weighted by Crippen LogP contribution is -2.20. The van der Waals surface area contributed by atoms with Crippen molar-refractivity contribution in [2.24, 2.45) is 0 Å². The maximum atomic E-state index is 11.3. The van der Waals surface area contributed by atoms with Crippen LogP contribution in [0.15, 0.2) is 6.20 Å². The number of H-pyrrole nitrogens is 1. The number of halogens is 1. The Kier molecular flexibility index (Phi) is 3.48. The lowest BCUT2D eigenvalue weighted by molar-refractivity contribution is -0.115. The van der Waals surface area contributed by atoms with E-state index in [0.29, 0.717) is 5.82 Å². The molecule has 0 aromatic carbocycles. The minimum atomic E-state index is -0.194. The van der Waals surface area contributed by atoms with E-state index < -0.39 is 0 Å². The summed E-state index contributed by atoms with van der Waals surface area (Å²) in [6.45, 7) is 3.79. The Labute approximate surface area is 85.2 Å². The number of aryl methyl sites for hydroxylation is 1. The summed E-state index contributed by atoms with van der Waals surface area (Å²) in [5, 5.41) is 9.33. The van der Waals surface area contributed by atoms with E-state index in [-0.39, 0.29) is 10.7 Å². The zero-order chi connectivity index (χ0) is 9.84. The van der Waals surface area contributed by atoms with Gasteiger partial charge in [0.15, 0.2) is 0 Å². The van der Waals surface area contributed by atoms with Gasteiger partial charge in [-0.2, -0.15) is 5.10 Å². The van der Waals surface area contributed by atoms with Gasteiger partial charge >= 0.3 is 0 Å². The molecule has 0 radical (unpaired) electrons. The number of anilines is 1. The van der Waals surface area contributed by atoms with Gasteiger partial charge in [0, 0.05) is 5.56 Å². The molecule has 0 aliphatic heterocycles. The predicted molar refractivity (Wildman–Crippen MR) is 55.0 cm³/mol. The molecule has 0 saturated carbocycles. The van der Waals surface area contributed by atoms with Crippen LogP contribution in [0.1, 0.15) is 19.4 Å². The van der Waals surface area contributed by atoms with E-state index in [1.54, 1.807) is 13.1 Å². The zero-order valence-electron chi connectivity index (χ0n) is 7.60. The Morgan fingerprint density at radius 3 is 3.08 bits per heavy atom. The standard InChI is InChI=1S/C8H12BrN3O/c1-3-6-4-10-12-7(6)11-8(13)5(2)9/h4-5H,3H2,1-2H3,(H2,10,11,12,13). The molecule has 5 heteroatoms. The molecule has 1 heterocycles. The molecule has 13 heavy (non-hydrogen) atoms. The van der Waals surface area contributed by atoms with Crippen LogP contribution in [0.3, 0.4) is 0 Å². The summed E-state index contributed by atoms with van der Waals surface area (Å²) >= 11 is 3.19. The quantitative estimate of drug-likeness (QED) is 0.797. The van der Waals surface area contributed by atoms with Crippen molar-refractivity contribution < 1.29 is 4.79 Å². The molecule has 72 valence electrons. The fraction of sp³-hybridized carbons (Fsp3) is 0.500. The second-order valence-corrected chi connectivity index (χ2v) is 4.10. The number of carbonyl (C=O) groups is 1. The molecule has 2 N–H and O–H groups in total. The van der Waals surface area contributed by atoms with Crippen LogP contribution in [-0.4, -0.2) is 20.9 Å². The highest BCUT2D eigenvalue weighted by atomic mass is 79.9. The highest BCUT2D eigenvalue weighted by molar-refractivity contribution is 9.10. The Morgan fingerprint density at radius 2 is 2.54 bits per heavy atom. The van der Waals surface area contributed by atoms with Gasteiger partial charge in [-0.3, -0.25) is 9.89 Å². The molecule has 1 aromatic rings. The van der Waals surface area contributed by atoms with Gasteiger partial charge in [-0.05, 0) is 13.3 Å². The van der Waals surface area contributed by atoms with Gasteiger partial charge in [0.25, 0.3) is 0 Å². The van der Waals surface area contributed by atoms with E-state index in [9.17, 15) is 4.79 Å². The van der Waals surface area contributed by atoms with E-state index in [1.807, 2.05) is 6.92 Å². The number of amides is 1.